The lowest BCUT2D eigenvalue weighted by atomic mass is 10.1. The first-order valence-corrected chi connectivity index (χ1v) is 17.0. The van der Waals surface area contributed by atoms with E-state index in [1.165, 1.54) is 96.3 Å². The first kappa shape index (κ1) is 38.8. The average molecular weight is 561 g/mol. The van der Waals surface area contributed by atoms with Crippen molar-refractivity contribution >= 4 is 0 Å². The minimum Gasteiger partial charge on any atom is -0.396 e. The van der Waals surface area contributed by atoms with Gasteiger partial charge in [-0.15, -0.1) is 0 Å². The third-order valence-corrected chi connectivity index (χ3v) is 7.56. The fraction of sp³-hybridized carbons (Fsp3) is 1.00. The number of ether oxygens (including phenoxy) is 3. The van der Waals surface area contributed by atoms with Crippen LogP contribution in [0.15, 0.2) is 0 Å². The molecule has 3 N–H and O–H groups in total. The predicted molar refractivity (Wildman–Crippen MR) is 163 cm³/mol. The molecule has 0 aromatic heterocycles. The molecule has 6 heteroatoms. The molecule has 0 bridgehead atoms. The molecule has 0 saturated heterocycles. The van der Waals surface area contributed by atoms with Crippen LogP contribution in [0.3, 0.4) is 0 Å². The van der Waals surface area contributed by atoms with E-state index in [1.54, 1.807) is 0 Å². The maximum atomic E-state index is 8.88. The summed E-state index contributed by atoms with van der Waals surface area (Å²) in [5.74, 6) is -0.904. The molecule has 0 aliphatic carbocycles. The van der Waals surface area contributed by atoms with E-state index in [2.05, 4.69) is 6.92 Å². The number of aliphatic hydroxyl groups excluding tert-OH is 3. The molecular weight excluding hydrogens is 492 g/mol. The van der Waals surface area contributed by atoms with Crippen molar-refractivity contribution in [3.63, 3.8) is 0 Å². The molecule has 0 aromatic rings. The van der Waals surface area contributed by atoms with E-state index in [4.69, 9.17) is 29.5 Å². The van der Waals surface area contributed by atoms with E-state index in [9.17, 15) is 0 Å². The molecule has 0 amide bonds. The summed E-state index contributed by atoms with van der Waals surface area (Å²) in [5, 5.41) is 26.6. The van der Waals surface area contributed by atoms with Crippen LogP contribution in [0.4, 0.5) is 0 Å². The molecule has 0 heterocycles. The van der Waals surface area contributed by atoms with E-state index in [-0.39, 0.29) is 0 Å². The van der Waals surface area contributed by atoms with Gasteiger partial charge in [0.2, 0.25) is 0 Å². The Morgan fingerprint density at radius 2 is 0.538 bits per heavy atom. The lowest BCUT2D eigenvalue weighted by molar-refractivity contribution is -0.382. The fourth-order valence-electron chi connectivity index (χ4n) is 4.94. The first-order valence-electron chi connectivity index (χ1n) is 17.0. The molecular formula is C33H68O6. The van der Waals surface area contributed by atoms with E-state index < -0.39 is 5.97 Å². The Bertz CT molecular complexity index is 388. The Hall–Kier alpha value is -0.240. The van der Waals surface area contributed by atoms with Gasteiger partial charge in [0, 0.05) is 26.2 Å². The molecule has 0 aliphatic heterocycles. The molecule has 0 fully saturated rings. The van der Waals surface area contributed by atoms with Gasteiger partial charge >= 0.3 is 0 Å². The summed E-state index contributed by atoms with van der Waals surface area (Å²) in [6, 6.07) is 0. The fourth-order valence-corrected chi connectivity index (χ4v) is 4.94. The molecule has 0 rings (SSSR count). The van der Waals surface area contributed by atoms with Gasteiger partial charge in [-0.1, -0.05) is 122 Å². The Kier molecular flexibility index (Phi) is 32.1. The number of hydrogen-bond acceptors (Lipinski definition) is 6. The van der Waals surface area contributed by atoms with Gasteiger partial charge < -0.3 is 29.5 Å². The molecule has 6 nitrogen and oxygen atoms in total. The molecule has 0 unspecified atom stereocenters. The summed E-state index contributed by atoms with van der Waals surface area (Å²) in [6.45, 7) is 5.10. The lowest BCUT2D eigenvalue weighted by Gasteiger charge is -2.32. The van der Waals surface area contributed by atoms with Crippen LogP contribution in [-0.2, 0) is 14.2 Å². The monoisotopic (exact) mass is 561 g/mol. The zero-order valence-electron chi connectivity index (χ0n) is 26.0. The van der Waals surface area contributed by atoms with Crippen molar-refractivity contribution in [1.29, 1.82) is 0 Å². The van der Waals surface area contributed by atoms with Crippen LogP contribution >= 0.6 is 0 Å². The molecule has 0 radical (unpaired) electrons. The van der Waals surface area contributed by atoms with E-state index in [1.807, 2.05) is 0 Å². The second-order valence-corrected chi connectivity index (χ2v) is 11.2. The Morgan fingerprint density at radius 1 is 0.333 bits per heavy atom. The summed E-state index contributed by atoms with van der Waals surface area (Å²) >= 11 is 0. The summed E-state index contributed by atoms with van der Waals surface area (Å²) in [6.07, 6.45) is 28.6. The van der Waals surface area contributed by atoms with Gasteiger partial charge in [-0.25, -0.2) is 0 Å². The minimum absolute atomic E-state index is 0.318. The Balaban J connectivity index is 4.22. The molecule has 0 aliphatic rings. The highest BCUT2D eigenvalue weighted by molar-refractivity contribution is 4.58. The van der Waals surface area contributed by atoms with Crippen molar-refractivity contribution in [2.24, 2.45) is 0 Å². The van der Waals surface area contributed by atoms with Gasteiger partial charge in [0.25, 0.3) is 5.97 Å². The van der Waals surface area contributed by atoms with E-state index in [0.29, 0.717) is 46.1 Å². The second-order valence-electron chi connectivity index (χ2n) is 11.2. The molecule has 39 heavy (non-hydrogen) atoms. The van der Waals surface area contributed by atoms with Crippen molar-refractivity contribution in [2.45, 2.75) is 173 Å². The Morgan fingerprint density at radius 3 is 0.744 bits per heavy atom. The summed E-state index contributed by atoms with van der Waals surface area (Å²) in [4.78, 5) is 0. The normalized spacial score (nSPS) is 12.0. The number of rotatable bonds is 34. The van der Waals surface area contributed by atoms with Crippen LogP contribution in [0.2, 0.25) is 0 Å². The standard InChI is InChI=1S/C33H68O6/c1-2-33(37-30-24-18-12-6-3-9-15-21-27-34,38-31-25-19-13-7-4-10-16-22-28-35)39-32-26-20-14-8-5-11-17-23-29-36/h34-36H,2-32H2,1H3. The lowest BCUT2D eigenvalue weighted by Crippen LogP contribution is -2.39. The summed E-state index contributed by atoms with van der Waals surface area (Å²) in [5.41, 5.74) is 0. The highest BCUT2D eigenvalue weighted by Crippen LogP contribution is 2.23. The third-order valence-electron chi connectivity index (χ3n) is 7.56. The van der Waals surface area contributed by atoms with Gasteiger partial charge in [0.05, 0.1) is 19.8 Å². The number of unbranched alkanes of at least 4 members (excludes halogenated alkanes) is 21. The van der Waals surface area contributed by atoms with Crippen molar-refractivity contribution in [2.75, 3.05) is 39.6 Å². The number of hydrogen-bond donors (Lipinski definition) is 3. The second kappa shape index (κ2) is 32.3. The van der Waals surface area contributed by atoms with Crippen LogP contribution in [0.5, 0.6) is 0 Å². The molecule has 0 spiro atoms. The molecule has 0 aromatic carbocycles. The quantitative estimate of drug-likeness (QED) is 0.0540. The van der Waals surface area contributed by atoms with Crippen molar-refractivity contribution in [3.05, 3.63) is 0 Å². The highest BCUT2D eigenvalue weighted by Gasteiger charge is 2.31. The van der Waals surface area contributed by atoms with Gasteiger partial charge in [0.1, 0.15) is 0 Å². The zero-order valence-corrected chi connectivity index (χ0v) is 26.0. The van der Waals surface area contributed by atoms with Crippen molar-refractivity contribution < 1.29 is 29.5 Å². The smallest absolute Gasteiger partial charge is 0.282 e. The summed E-state index contributed by atoms with van der Waals surface area (Å²) < 4.78 is 18.9. The largest absolute Gasteiger partial charge is 0.396 e. The third kappa shape index (κ3) is 27.7. The molecule has 236 valence electrons. The van der Waals surface area contributed by atoms with Gasteiger partial charge in [-0.2, -0.15) is 0 Å². The van der Waals surface area contributed by atoms with Crippen LogP contribution in [0.1, 0.15) is 167 Å². The average Bonchev–Trinajstić information content (AvgIpc) is 2.95. The molecule has 0 atom stereocenters. The predicted octanol–water partition coefficient (Wildman–Crippen LogP) is 8.44. The Labute approximate surface area is 242 Å². The van der Waals surface area contributed by atoms with Gasteiger partial charge in [0.15, 0.2) is 0 Å². The van der Waals surface area contributed by atoms with Crippen molar-refractivity contribution in [1.82, 2.24) is 0 Å². The number of aliphatic hydroxyl groups is 3. The van der Waals surface area contributed by atoms with Crippen LogP contribution in [0, 0.1) is 0 Å². The zero-order chi connectivity index (χ0) is 28.5. The van der Waals surface area contributed by atoms with E-state index >= 15 is 0 Å². The van der Waals surface area contributed by atoms with E-state index in [0.717, 1.165) is 57.8 Å². The first-order chi connectivity index (χ1) is 19.2. The minimum atomic E-state index is -0.904. The summed E-state index contributed by atoms with van der Waals surface area (Å²) in [7, 11) is 0. The topological polar surface area (TPSA) is 88.4 Å². The molecule has 0 saturated carbocycles. The maximum Gasteiger partial charge on any atom is 0.282 e. The SMILES string of the molecule is CCC(OCCCCCCCCCCO)(OCCCCCCCCCCO)OCCCCCCCCCCO. The van der Waals surface area contributed by atoms with Gasteiger partial charge in [-0.05, 0) is 38.5 Å². The van der Waals surface area contributed by atoms with Crippen LogP contribution in [-0.4, -0.2) is 60.9 Å². The van der Waals surface area contributed by atoms with Crippen molar-refractivity contribution in [3.8, 4) is 0 Å². The highest BCUT2D eigenvalue weighted by atomic mass is 16.9. The van der Waals surface area contributed by atoms with Gasteiger partial charge in [-0.3, -0.25) is 0 Å². The van der Waals surface area contributed by atoms with Crippen LogP contribution in [0.25, 0.3) is 0 Å². The maximum absolute atomic E-state index is 8.88. The van der Waals surface area contributed by atoms with Crippen LogP contribution < -0.4 is 0 Å².